The van der Waals surface area contributed by atoms with Crippen molar-refractivity contribution in [3.05, 3.63) is 53.6 Å². The first-order chi connectivity index (χ1) is 13.3. The maximum atomic E-state index is 13.1. The zero-order valence-corrected chi connectivity index (χ0v) is 17.3. The first kappa shape index (κ1) is 20.4. The summed E-state index contributed by atoms with van der Waals surface area (Å²) in [7, 11) is -2.06. The van der Waals surface area contributed by atoms with E-state index in [0.717, 1.165) is 5.56 Å². The van der Waals surface area contributed by atoms with Crippen LogP contribution >= 0.6 is 0 Å². The van der Waals surface area contributed by atoms with E-state index in [1.807, 2.05) is 19.1 Å². The van der Waals surface area contributed by atoms with Crippen molar-refractivity contribution in [2.24, 2.45) is 5.92 Å². The van der Waals surface area contributed by atoms with Crippen molar-refractivity contribution in [1.82, 2.24) is 4.31 Å². The lowest BCUT2D eigenvalue weighted by Crippen LogP contribution is -2.43. The molecular weight excluding hydrogens is 376 g/mol. The van der Waals surface area contributed by atoms with Gasteiger partial charge in [0.05, 0.1) is 17.9 Å². The van der Waals surface area contributed by atoms with E-state index >= 15 is 0 Å². The average Bonchev–Trinajstić information content (AvgIpc) is 2.70. The number of piperidine rings is 1. The molecule has 0 saturated carbocycles. The Morgan fingerprint density at radius 3 is 2.71 bits per heavy atom. The van der Waals surface area contributed by atoms with Crippen LogP contribution in [0.3, 0.4) is 0 Å². The lowest BCUT2D eigenvalue weighted by atomic mass is 9.98. The molecule has 2 aromatic rings. The van der Waals surface area contributed by atoms with E-state index in [-0.39, 0.29) is 18.4 Å². The first-order valence-corrected chi connectivity index (χ1v) is 10.8. The Kier molecular flexibility index (Phi) is 6.05. The van der Waals surface area contributed by atoms with E-state index in [1.54, 1.807) is 44.4 Å². The molecule has 1 N–H and O–H groups in total. The van der Waals surface area contributed by atoms with Crippen molar-refractivity contribution in [2.75, 3.05) is 25.5 Å². The molecule has 1 atom stereocenters. The maximum absolute atomic E-state index is 13.1. The van der Waals surface area contributed by atoms with Gasteiger partial charge in [-0.3, -0.25) is 4.79 Å². The van der Waals surface area contributed by atoms with Gasteiger partial charge in [-0.05, 0) is 56.0 Å². The highest BCUT2D eigenvalue weighted by Crippen LogP contribution is 2.27. The standard InChI is InChI=1S/C21H26N2O4S/c1-15-9-10-16(2)20(12-15)28(25,26)23-11-5-6-17(14-23)21(24)22-18-7-4-8-19(13-18)27-3/h4,7-10,12-13,17H,5-6,11,14H2,1-3H3,(H,22,24). The lowest BCUT2D eigenvalue weighted by Gasteiger charge is -2.31. The van der Waals surface area contributed by atoms with E-state index in [2.05, 4.69) is 5.32 Å². The third-order valence-corrected chi connectivity index (χ3v) is 7.06. The van der Waals surface area contributed by atoms with Gasteiger partial charge in [-0.15, -0.1) is 0 Å². The van der Waals surface area contributed by atoms with Crippen molar-refractivity contribution in [1.29, 1.82) is 0 Å². The van der Waals surface area contributed by atoms with Crippen LogP contribution in [-0.4, -0.2) is 38.8 Å². The Bertz CT molecular complexity index is 972. The van der Waals surface area contributed by atoms with Crippen LogP contribution in [0.5, 0.6) is 5.75 Å². The zero-order valence-electron chi connectivity index (χ0n) is 16.4. The van der Waals surface area contributed by atoms with Crippen LogP contribution in [0.2, 0.25) is 0 Å². The Morgan fingerprint density at radius 2 is 1.96 bits per heavy atom. The minimum absolute atomic E-state index is 0.172. The minimum atomic E-state index is -3.63. The number of amides is 1. The number of aryl methyl sites for hydroxylation is 2. The molecule has 0 spiro atoms. The van der Waals surface area contributed by atoms with Crippen molar-refractivity contribution < 1.29 is 17.9 Å². The second-order valence-electron chi connectivity index (χ2n) is 7.19. The Balaban J connectivity index is 1.76. The Labute approximate surface area is 166 Å². The van der Waals surface area contributed by atoms with E-state index in [9.17, 15) is 13.2 Å². The maximum Gasteiger partial charge on any atom is 0.243 e. The molecule has 2 aromatic carbocycles. The molecule has 0 bridgehead atoms. The van der Waals surface area contributed by atoms with E-state index in [0.29, 0.717) is 41.3 Å². The Hall–Kier alpha value is -2.38. The molecule has 3 rings (SSSR count). The molecule has 1 aliphatic heterocycles. The van der Waals surface area contributed by atoms with Crippen LogP contribution in [0, 0.1) is 19.8 Å². The highest BCUT2D eigenvalue weighted by Gasteiger charge is 2.34. The molecule has 0 aromatic heterocycles. The number of sulfonamides is 1. The molecule has 0 radical (unpaired) electrons. The first-order valence-electron chi connectivity index (χ1n) is 9.33. The number of rotatable bonds is 5. The summed E-state index contributed by atoms with van der Waals surface area (Å²) in [5.41, 5.74) is 2.25. The molecule has 150 valence electrons. The van der Waals surface area contributed by atoms with Gasteiger partial charge in [0.25, 0.3) is 0 Å². The molecule has 1 saturated heterocycles. The summed E-state index contributed by atoms with van der Waals surface area (Å²) < 4.78 is 32.9. The van der Waals surface area contributed by atoms with Crippen molar-refractivity contribution in [3.63, 3.8) is 0 Å². The molecule has 1 amide bonds. The fourth-order valence-electron chi connectivity index (χ4n) is 3.44. The van der Waals surface area contributed by atoms with Crippen LogP contribution in [0.1, 0.15) is 24.0 Å². The third-order valence-electron chi connectivity index (χ3n) is 5.05. The van der Waals surface area contributed by atoms with Crippen LogP contribution < -0.4 is 10.1 Å². The van der Waals surface area contributed by atoms with Gasteiger partial charge in [-0.25, -0.2) is 8.42 Å². The molecule has 1 fully saturated rings. The van der Waals surface area contributed by atoms with Gasteiger partial charge in [0.15, 0.2) is 0 Å². The Morgan fingerprint density at radius 1 is 1.18 bits per heavy atom. The number of benzene rings is 2. The summed E-state index contributed by atoms with van der Waals surface area (Å²) in [5, 5.41) is 2.88. The monoisotopic (exact) mass is 402 g/mol. The predicted molar refractivity (Wildman–Crippen MR) is 109 cm³/mol. The van der Waals surface area contributed by atoms with Crippen LogP contribution in [0.4, 0.5) is 5.69 Å². The number of ether oxygens (including phenoxy) is 1. The molecule has 6 nitrogen and oxygen atoms in total. The van der Waals surface area contributed by atoms with Crippen LogP contribution in [0.15, 0.2) is 47.4 Å². The van der Waals surface area contributed by atoms with Gasteiger partial charge in [0.1, 0.15) is 5.75 Å². The summed E-state index contributed by atoms with van der Waals surface area (Å²) in [6.07, 6.45) is 1.31. The van der Waals surface area contributed by atoms with Gasteiger partial charge < -0.3 is 10.1 Å². The number of anilines is 1. The topological polar surface area (TPSA) is 75.7 Å². The largest absolute Gasteiger partial charge is 0.497 e. The molecule has 0 aliphatic carbocycles. The van der Waals surface area contributed by atoms with Crippen LogP contribution in [-0.2, 0) is 14.8 Å². The number of hydrogen-bond donors (Lipinski definition) is 1. The highest BCUT2D eigenvalue weighted by molar-refractivity contribution is 7.89. The van der Waals surface area contributed by atoms with E-state index in [4.69, 9.17) is 4.74 Å². The molecular formula is C21H26N2O4S. The number of carbonyl (C=O) groups is 1. The van der Waals surface area contributed by atoms with Gasteiger partial charge in [0, 0.05) is 24.8 Å². The normalized spacial score (nSPS) is 17.9. The van der Waals surface area contributed by atoms with Crippen LogP contribution in [0.25, 0.3) is 0 Å². The number of hydrogen-bond acceptors (Lipinski definition) is 4. The quantitative estimate of drug-likeness (QED) is 0.832. The smallest absolute Gasteiger partial charge is 0.243 e. The summed E-state index contributed by atoms with van der Waals surface area (Å²) in [6.45, 7) is 4.28. The fraction of sp³-hybridized carbons (Fsp3) is 0.381. The van der Waals surface area contributed by atoms with E-state index < -0.39 is 10.0 Å². The molecule has 1 unspecified atom stereocenters. The number of methoxy groups -OCH3 is 1. The number of nitrogens with one attached hydrogen (secondary N) is 1. The van der Waals surface area contributed by atoms with Gasteiger partial charge >= 0.3 is 0 Å². The minimum Gasteiger partial charge on any atom is -0.497 e. The molecule has 28 heavy (non-hydrogen) atoms. The zero-order chi connectivity index (χ0) is 20.3. The van der Waals surface area contributed by atoms with Gasteiger partial charge in [-0.2, -0.15) is 4.31 Å². The van der Waals surface area contributed by atoms with Crippen molar-refractivity contribution >= 4 is 21.6 Å². The second-order valence-corrected chi connectivity index (χ2v) is 9.10. The van der Waals surface area contributed by atoms with Gasteiger partial charge in [-0.1, -0.05) is 18.2 Å². The summed E-state index contributed by atoms with van der Waals surface area (Å²) in [5.74, 6) is 0.0922. The number of carbonyl (C=O) groups excluding carboxylic acids is 1. The molecule has 1 heterocycles. The SMILES string of the molecule is COc1cccc(NC(=O)C2CCCN(S(=O)(=O)c3cc(C)ccc3C)C2)c1. The van der Waals surface area contributed by atoms with Crippen molar-refractivity contribution in [2.45, 2.75) is 31.6 Å². The number of nitrogens with zero attached hydrogens (tertiary/aromatic N) is 1. The molecule has 7 heteroatoms. The average molecular weight is 403 g/mol. The second kappa shape index (κ2) is 8.32. The highest BCUT2D eigenvalue weighted by atomic mass is 32.2. The fourth-order valence-corrected chi connectivity index (χ4v) is 5.28. The predicted octanol–water partition coefficient (Wildman–Crippen LogP) is 3.35. The summed E-state index contributed by atoms with van der Waals surface area (Å²) >= 11 is 0. The third kappa shape index (κ3) is 4.36. The lowest BCUT2D eigenvalue weighted by molar-refractivity contribution is -0.120. The van der Waals surface area contributed by atoms with E-state index in [1.165, 1.54) is 4.31 Å². The molecule has 1 aliphatic rings. The summed E-state index contributed by atoms with van der Waals surface area (Å²) in [4.78, 5) is 13.0. The van der Waals surface area contributed by atoms with Crippen molar-refractivity contribution in [3.8, 4) is 5.75 Å². The van der Waals surface area contributed by atoms with Gasteiger partial charge in [0.2, 0.25) is 15.9 Å². The summed E-state index contributed by atoms with van der Waals surface area (Å²) in [6, 6.07) is 12.5.